The second-order valence-electron chi connectivity index (χ2n) is 3.94. The molecule has 1 aromatic rings. The summed E-state index contributed by atoms with van der Waals surface area (Å²) in [5.74, 6) is 0. The van der Waals surface area contributed by atoms with E-state index in [9.17, 15) is 0 Å². The fraction of sp³-hybridized carbons (Fsp3) is 0.300. The molecule has 1 heterocycles. The van der Waals surface area contributed by atoms with Crippen molar-refractivity contribution in [2.24, 2.45) is 0 Å². The van der Waals surface area contributed by atoms with E-state index in [1.807, 2.05) is 24.4 Å². The second-order valence-corrected chi connectivity index (χ2v) is 10.5. The van der Waals surface area contributed by atoms with E-state index >= 15 is 0 Å². The van der Waals surface area contributed by atoms with Crippen molar-refractivity contribution in [2.45, 2.75) is 24.7 Å². The lowest BCUT2D eigenvalue weighted by atomic mass is 10.5. The van der Waals surface area contributed by atoms with Crippen LogP contribution in [-0.2, 0) is 0 Å². The molecule has 0 aliphatic rings. The van der Waals surface area contributed by atoms with E-state index < -0.39 is 8.07 Å². The van der Waals surface area contributed by atoms with E-state index in [4.69, 9.17) is 0 Å². The molecule has 1 nitrogen and oxygen atoms in total. The maximum absolute atomic E-state index is 4.26. The van der Waals surface area contributed by atoms with Gasteiger partial charge in [-0.2, -0.15) is 0 Å². The topological polar surface area (TPSA) is 12.9 Å². The lowest BCUT2D eigenvalue weighted by Gasteiger charge is -2.17. The van der Waals surface area contributed by atoms with Crippen LogP contribution in [0, 0.1) is 0 Å². The molecule has 0 aliphatic carbocycles. The monoisotopic (exact) mass is 209 g/mol. The van der Waals surface area contributed by atoms with Crippen LogP contribution in [0.25, 0.3) is 0 Å². The molecule has 0 bridgehead atoms. The van der Waals surface area contributed by atoms with E-state index in [2.05, 4.69) is 31.2 Å². The minimum absolute atomic E-state index is 1.05. The second kappa shape index (κ2) is 4.11. The van der Waals surface area contributed by atoms with Gasteiger partial charge in [0.05, 0.1) is 13.1 Å². The molecule has 1 aromatic heterocycles. The van der Waals surface area contributed by atoms with Gasteiger partial charge in [0.2, 0.25) is 0 Å². The zero-order valence-electron chi connectivity index (χ0n) is 8.37. The molecule has 0 unspecified atom stereocenters. The SMILES string of the molecule is C=C(Sc1ccccn1)[Si](C)(C)C. The molecular weight excluding hydrogens is 194 g/mol. The number of hydrogen-bond acceptors (Lipinski definition) is 2. The Morgan fingerprint density at radius 1 is 1.38 bits per heavy atom. The molecule has 0 spiro atoms. The summed E-state index contributed by atoms with van der Waals surface area (Å²) in [7, 11) is -1.21. The van der Waals surface area contributed by atoms with Gasteiger partial charge >= 0.3 is 0 Å². The van der Waals surface area contributed by atoms with Gasteiger partial charge in [0.1, 0.15) is 0 Å². The normalized spacial score (nSPS) is 11.3. The molecule has 0 saturated heterocycles. The summed E-state index contributed by atoms with van der Waals surface area (Å²) >= 11 is 1.71. The average molecular weight is 209 g/mol. The van der Waals surface area contributed by atoms with Crippen molar-refractivity contribution < 1.29 is 0 Å². The Labute approximate surface area is 85.3 Å². The van der Waals surface area contributed by atoms with Crippen LogP contribution in [0.2, 0.25) is 19.6 Å². The number of nitrogens with zero attached hydrogens (tertiary/aromatic N) is 1. The lowest BCUT2D eigenvalue weighted by Crippen LogP contribution is -2.21. The van der Waals surface area contributed by atoms with E-state index in [1.165, 1.54) is 4.53 Å². The fourth-order valence-electron chi connectivity index (χ4n) is 0.687. The van der Waals surface area contributed by atoms with Crippen molar-refractivity contribution in [1.82, 2.24) is 4.98 Å². The van der Waals surface area contributed by atoms with Crippen LogP contribution in [-0.4, -0.2) is 13.1 Å². The zero-order valence-corrected chi connectivity index (χ0v) is 10.2. The van der Waals surface area contributed by atoms with Gasteiger partial charge in [-0.3, -0.25) is 0 Å². The number of aromatic nitrogens is 1. The Morgan fingerprint density at radius 3 is 2.54 bits per heavy atom. The van der Waals surface area contributed by atoms with Crippen LogP contribution < -0.4 is 0 Å². The van der Waals surface area contributed by atoms with Gasteiger partial charge in [0.25, 0.3) is 0 Å². The van der Waals surface area contributed by atoms with Gasteiger partial charge in [-0.1, -0.05) is 44.0 Å². The first-order valence-electron chi connectivity index (χ1n) is 4.28. The smallest absolute Gasteiger partial charge is 0.1000 e. The maximum atomic E-state index is 4.26. The largest absolute Gasteiger partial charge is 0.250 e. The van der Waals surface area contributed by atoms with Gasteiger partial charge in [0.15, 0.2) is 0 Å². The van der Waals surface area contributed by atoms with Gasteiger partial charge in [0, 0.05) is 6.20 Å². The number of rotatable bonds is 3. The van der Waals surface area contributed by atoms with Crippen molar-refractivity contribution in [3.8, 4) is 0 Å². The highest BCUT2D eigenvalue weighted by atomic mass is 32.2. The van der Waals surface area contributed by atoms with Crippen molar-refractivity contribution in [1.29, 1.82) is 0 Å². The summed E-state index contributed by atoms with van der Waals surface area (Å²) in [5.41, 5.74) is 0. The Hall–Kier alpha value is -0.543. The molecule has 0 saturated carbocycles. The van der Waals surface area contributed by atoms with E-state index in [-0.39, 0.29) is 0 Å². The molecule has 0 aromatic carbocycles. The number of pyridine rings is 1. The van der Waals surface area contributed by atoms with Gasteiger partial charge < -0.3 is 0 Å². The number of thioether (sulfide) groups is 1. The Kier molecular flexibility index (Phi) is 3.33. The summed E-state index contributed by atoms with van der Waals surface area (Å²) < 4.78 is 1.28. The van der Waals surface area contributed by atoms with E-state index in [1.54, 1.807) is 11.8 Å². The van der Waals surface area contributed by atoms with E-state index in [0.29, 0.717) is 0 Å². The molecule has 0 aliphatic heterocycles. The summed E-state index contributed by atoms with van der Waals surface area (Å²) in [5, 5.41) is 1.05. The molecule has 1 rings (SSSR count). The molecule has 0 fully saturated rings. The molecule has 0 atom stereocenters. The highest BCUT2D eigenvalue weighted by molar-refractivity contribution is 8.05. The third-order valence-electron chi connectivity index (χ3n) is 1.70. The van der Waals surface area contributed by atoms with Crippen LogP contribution in [0.1, 0.15) is 0 Å². The zero-order chi connectivity index (χ0) is 9.90. The minimum Gasteiger partial charge on any atom is -0.250 e. The Balaban J connectivity index is 2.66. The lowest BCUT2D eigenvalue weighted by molar-refractivity contribution is 1.14. The summed E-state index contributed by atoms with van der Waals surface area (Å²) in [6, 6.07) is 5.96. The highest BCUT2D eigenvalue weighted by Crippen LogP contribution is 2.29. The van der Waals surface area contributed by atoms with Crippen molar-refractivity contribution in [3.05, 3.63) is 35.5 Å². The van der Waals surface area contributed by atoms with Crippen LogP contribution in [0.15, 0.2) is 40.5 Å². The van der Waals surface area contributed by atoms with Gasteiger partial charge in [-0.05, 0) is 16.7 Å². The highest BCUT2D eigenvalue weighted by Gasteiger charge is 2.18. The minimum atomic E-state index is -1.21. The maximum Gasteiger partial charge on any atom is 0.1000 e. The van der Waals surface area contributed by atoms with Crippen LogP contribution in [0.4, 0.5) is 0 Å². The third-order valence-corrected chi connectivity index (χ3v) is 6.22. The standard InChI is InChI=1S/C10H15NSSi/c1-9(13(2,3)4)12-10-7-5-6-8-11-10/h5-8H,1H2,2-4H3. The average Bonchev–Trinajstić information content (AvgIpc) is 2.04. The van der Waals surface area contributed by atoms with E-state index in [0.717, 1.165) is 5.03 Å². The molecule has 70 valence electrons. The molecule has 0 radical (unpaired) electrons. The van der Waals surface area contributed by atoms with Crippen molar-refractivity contribution in [2.75, 3.05) is 0 Å². The summed E-state index contributed by atoms with van der Waals surface area (Å²) in [4.78, 5) is 4.26. The Bertz CT molecular complexity index is 290. The van der Waals surface area contributed by atoms with Crippen molar-refractivity contribution >= 4 is 19.8 Å². The molecule has 0 N–H and O–H groups in total. The quantitative estimate of drug-likeness (QED) is 0.557. The molecule has 0 amide bonds. The predicted octanol–water partition coefficient (Wildman–Crippen LogP) is 3.56. The first-order chi connectivity index (χ1) is 6.00. The van der Waals surface area contributed by atoms with Gasteiger partial charge in [-0.25, -0.2) is 4.98 Å². The van der Waals surface area contributed by atoms with Crippen molar-refractivity contribution in [3.63, 3.8) is 0 Å². The van der Waals surface area contributed by atoms with Gasteiger partial charge in [-0.15, -0.1) is 0 Å². The fourth-order valence-corrected chi connectivity index (χ4v) is 2.74. The number of hydrogen-bond donors (Lipinski definition) is 0. The first-order valence-corrected chi connectivity index (χ1v) is 8.60. The van der Waals surface area contributed by atoms with Crippen LogP contribution >= 0.6 is 11.8 Å². The third kappa shape index (κ3) is 3.36. The van der Waals surface area contributed by atoms with Crippen LogP contribution in [0.3, 0.4) is 0 Å². The predicted molar refractivity (Wildman–Crippen MR) is 62.6 cm³/mol. The van der Waals surface area contributed by atoms with Crippen LogP contribution in [0.5, 0.6) is 0 Å². The molecule has 13 heavy (non-hydrogen) atoms. The Morgan fingerprint density at radius 2 is 2.08 bits per heavy atom. The molecule has 3 heteroatoms. The summed E-state index contributed by atoms with van der Waals surface area (Å²) in [6.45, 7) is 11.0. The first kappa shape index (κ1) is 10.5. The molecular formula is C10H15NSSi. The summed E-state index contributed by atoms with van der Waals surface area (Å²) in [6.07, 6.45) is 1.82.